The summed E-state index contributed by atoms with van der Waals surface area (Å²) < 4.78 is 5.22. The molecule has 2 heterocycles. The Morgan fingerprint density at radius 2 is 2.00 bits per heavy atom. The van der Waals surface area contributed by atoms with Crippen molar-refractivity contribution in [3.8, 4) is 0 Å². The summed E-state index contributed by atoms with van der Waals surface area (Å²) in [4.78, 5) is 30.3. The molecule has 0 radical (unpaired) electrons. The van der Waals surface area contributed by atoms with Crippen molar-refractivity contribution in [2.75, 3.05) is 13.2 Å². The fourth-order valence-corrected chi connectivity index (χ4v) is 2.91. The van der Waals surface area contributed by atoms with E-state index in [-0.39, 0.29) is 12.5 Å². The van der Waals surface area contributed by atoms with Crippen LogP contribution in [-0.4, -0.2) is 34.9 Å². The molecule has 0 unspecified atom stereocenters. The van der Waals surface area contributed by atoms with Crippen LogP contribution in [0.5, 0.6) is 0 Å². The number of fused-ring (bicyclic) bond motifs is 1. The summed E-state index contributed by atoms with van der Waals surface area (Å²) >= 11 is 0. The summed E-state index contributed by atoms with van der Waals surface area (Å²) in [6, 6.07) is 9.74. The van der Waals surface area contributed by atoms with Crippen molar-refractivity contribution in [3.05, 3.63) is 65.0 Å². The number of carbonyl (C=O) groups excluding carboxylic acids is 2. The molecule has 0 N–H and O–H groups in total. The van der Waals surface area contributed by atoms with Crippen molar-refractivity contribution < 1.29 is 14.3 Å². The Bertz CT molecular complexity index is 758. The van der Waals surface area contributed by atoms with Gasteiger partial charge < -0.3 is 9.64 Å². The Hall–Kier alpha value is -2.69. The highest BCUT2D eigenvalue weighted by molar-refractivity contribution is 5.92. The van der Waals surface area contributed by atoms with Crippen LogP contribution in [0.2, 0.25) is 0 Å². The van der Waals surface area contributed by atoms with Crippen molar-refractivity contribution in [2.45, 2.75) is 26.3 Å². The van der Waals surface area contributed by atoms with E-state index in [1.165, 1.54) is 5.56 Å². The number of aryl methyl sites for hydroxylation is 1. The summed E-state index contributed by atoms with van der Waals surface area (Å²) in [5.74, 6) is -0.634. The molecule has 0 spiro atoms. The van der Waals surface area contributed by atoms with Crippen LogP contribution in [0.25, 0.3) is 0 Å². The van der Waals surface area contributed by atoms with Crippen LogP contribution >= 0.6 is 0 Å². The molecule has 1 amide bonds. The number of aromatic nitrogens is 1. The molecule has 0 fully saturated rings. The van der Waals surface area contributed by atoms with Gasteiger partial charge in [0.05, 0.1) is 5.56 Å². The lowest BCUT2D eigenvalue weighted by Crippen LogP contribution is -2.38. The smallest absolute Gasteiger partial charge is 0.339 e. The molecule has 24 heavy (non-hydrogen) atoms. The number of ether oxygens (including phenoxy) is 1. The largest absolute Gasteiger partial charge is 0.452 e. The van der Waals surface area contributed by atoms with Crippen LogP contribution in [0.15, 0.2) is 42.7 Å². The van der Waals surface area contributed by atoms with Gasteiger partial charge in [-0.3, -0.25) is 9.78 Å². The standard InChI is InChI=1S/C19H20N2O3/c1-2-14-11-20-9-7-17(14)19(23)24-13-18(22)21-10-8-15-5-3-4-6-16(15)12-21/h3-7,9,11H,2,8,10,12-13H2,1H3. The Labute approximate surface area is 141 Å². The molecule has 0 saturated heterocycles. The van der Waals surface area contributed by atoms with Gasteiger partial charge in [0.25, 0.3) is 5.91 Å². The van der Waals surface area contributed by atoms with Crippen molar-refractivity contribution in [3.63, 3.8) is 0 Å². The lowest BCUT2D eigenvalue weighted by atomic mass is 10.00. The van der Waals surface area contributed by atoms with Gasteiger partial charge in [0, 0.05) is 25.5 Å². The predicted octanol–water partition coefficient (Wildman–Crippen LogP) is 2.39. The zero-order chi connectivity index (χ0) is 16.9. The normalized spacial score (nSPS) is 13.3. The zero-order valence-corrected chi connectivity index (χ0v) is 13.7. The average Bonchev–Trinajstić information content (AvgIpc) is 2.65. The maximum Gasteiger partial charge on any atom is 0.339 e. The number of benzene rings is 1. The second-order valence-electron chi connectivity index (χ2n) is 5.80. The summed E-state index contributed by atoms with van der Waals surface area (Å²) in [7, 11) is 0. The molecule has 1 aromatic heterocycles. The third kappa shape index (κ3) is 3.45. The van der Waals surface area contributed by atoms with Gasteiger partial charge in [-0.1, -0.05) is 31.2 Å². The van der Waals surface area contributed by atoms with E-state index >= 15 is 0 Å². The molecule has 0 aliphatic carbocycles. The van der Waals surface area contributed by atoms with E-state index in [1.807, 2.05) is 25.1 Å². The van der Waals surface area contributed by atoms with Gasteiger partial charge in [0.2, 0.25) is 0 Å². The molecule has 5 nitrogen and oxygen atoms in total. The average molecular weight is 324 g/mol. The molecule has 3 rings (SSSR count). The van der Waals surface area contributed by atoms with E-state index in [0.717, 1.165) is 17.5 Å². The Morgan fingerprint density at radius 3 is 2.79 bits per heavy atom. The van der Waals surface area contributed by atoms with Crippen LogP contribution in [0.1, 0.15) is 34.0 Å². The number of hydrogen-bond donors (Lipinski definition) is 0. The number of nitrogens with zero attached hydrogens (tertiary/aromatic N) is 2. The second-order valence-corrected chi connectivity index (χ2v) is 5.80. The lowest BCUT2D eigenvalue weighted by molar-refractivity contribution is -0.135. The number of hydrogen-bond acceptors (Lipinski definition) is 4. The number of esters is 1. The van der Waals surface area contributed by atoms with Gasteiger partial charge in [-0.2, -0.15) is 0 Å². The molecular formula is C19H20N2O3. The third-order valence-corrected chi connectivity index (χ3v) is 4.31. The van der Waals surface area contributed by atoms with E-state index in [2.05, 4.69) is 11.1 Å². The van der Waals surface area contributed by atoms with Crippen molar-refractivity contribution in [2.24, 2.45) is 0 Å². The molecule has 124 valence electrons. The highest BCUT2D eigenvalue weighted by Crippen LogP contribution is 2.18. The van der Waals surface area contributed by atoms with Gasteiger partial charge in [0.15, 0.2) is 6.61 Å². The van der Waals surface area contributed by atoms with Gasteiger partial charge in [-0.05, 0) is 35.6 Å². The first-order valence-electron chi connectivity index (χ1n) is 8.13. The van der Waals surface area contributed by atoms with Crippen LogP contribution in [0.4, 0.5) is 0 Å². The molecule has 0 saturated carbocycles. The first kappa shape index (κ1) is 16.2. The van der Waals surface area contributed by atoms with Gasteiger partial charge in [-0.15, -0.1) is 0 Å². The summed E-state index contributed by atoms with van der Waals surface area (Å²) in [5, 5.41) is 0. The molecule has 2 aromatic rings. The van der Waals surface area contributed by atoms with Crippen molar-refractivity contribution >= 4 is 11.9 Å². The first-order chi connectivity index (χ1) is 11.7. The molecule has 5 heteroatoms. The van der Waals surface area contributed by atoms with E-state index < -0.39 is 5.97 Å². The van der Waals surface area contributed by atoms with E-state index in [4.69, 9.17) is 4.74 Å². The molecule has 1 aliphatic rings. The molecular weight excluding hydrogens is 304 g/mol. The summed E-state index contributed by atoms with van der Waals surface area (Å²) in [6.07, 6.45) is 4.73. The number of amides is 1. The molecule has 0 atom stereocenters. The zero-order valence-electron chi connectivity index (χ0n) is 13.7. The van der Waals surface area contributed by atoms with E-state index in [0.29, 0.717) is 25.1 Å². The van der Waals surface area contributed by atoms with Crippen LogP contribution in [0.3, 0.4) is 0 Å². The minimum Gasteiger partial charge on any atom is -0.452 e. The monoisotopic (exact) mass is 324 g/mol. The van der Waals surface area contributed by atoms with Crippen LogP contribution in [0, 0.1) is 0 Å². The molecule has 1 aliphatic heterocycles. The lowest BCUT2D eigenvalue weighted by Gasteiger charge is -2.28. The summed E-state index contributed by atoms with van der Waals surface area (Å²) in [6.45, 7) is 2.95. The van der Waals surface area contributed by atoms with Gasteiger partial charge in [-0.25, -0.2) is 4.79 Å². The van der Waals surface area contributed by atoms with Gasteiger partial charge in [0.1, 0.15) is 0 Å². The third-order valence-electron chi connectivity index (χ3n) is 4.31. The van der Waals surface area contributed by atoms with Gasteiger partial charge >= 0.3 is 5.97 Å². The summed E-state index contributed by atoms with van der Waals surface area (Å²) in [5.41, 5.74) is 3.74. The Balaban J connectivity index is 1.59. The van der Waals surface area contributed by atoms with Crippen LogP contribution < -0.4 is 0 Å². The van der Waals surface area contributed by atoms with E-state index in [9.17, 15) is 9.59 Å². The maximum absolute atomic E-state index is 12.3. The number of carbonyl (C=O) groups is 2. The van der Waals surface area contributed by atoms with Crippen molar-refractivity contribution in [1.29, 1.82) is 0 Å². The number of rotatable bonds is 4. The maximum atomic E-state index is 12.3. The molecule has 0 bridgehead atoms. The molecule has 1 aromatic carbocycles. The first-order valence-corrected chi connectivity index (χ1v) is 8.13. The fraction of sp³-hybridized carbons (Fsp3) is 0.316. The van der Waals surface area contributed by atoms with Crippen LogP contribution in [-0.2, 0) is 28.9 Å². The quantitative estimate of drug-likeness (QED) is 0.810. The second kappa shape index (κ2) is 7.25. The minimum absolute atomic E-state index is 0.162. The van der Waals surface area contributed by atoms with Crippen molar-refractivity contribution in [1.82, 2.24) is 9.88 Å². The SMILES string of the molecule is CCc1cnccc1C(=O)OCC(=O)N1CCc2ccccc2C1. The fourth-order valence-electron chi connectivity index (χ4n) is 2.91. The number of pyridine rings is 1. The highest BCUT2D eigenvalue weighted by atomic mass is 16.5. The topological polar surface area (TPSA) is 59.5 Å². The highest BCUT2D eigenvalue weighted by Gasteiger charge is 2.22. The Morgan fingerprint density at radius 1 is 1.21 bits per heavy atom. The minimum atomic E-state index is -0.472. The van der Waals surface area contributed by atoms with E-state index in [1.54, 1.807) is 23.4 Å². The predicted molar refractivity (Wildman–Crippen MR) is 89.5 cm³/mol. The Kier molecular flexibility index (Phi) is 4.89.